The number of nitrogens with one attached hydrogen (secondary N) is 1. The van der Waals surface area contributed by atoms with Crippen LogP contribution in [-0.4, -0.2) is 47.0 Å². The zero-order valence-electron chi connectivity index (χ0n) is 13.9. The number of carbonyl (C=O) groups excluding carboxylic acids is 1. The van der Waals surface area contributed by atoms with Crippen molar-refractivity contribution in [3.05, 3.63) is 42.2 Å². The van der Waals surface area contributed by atoms with Gasteiger partial charge in [-0.25, -0.2) is 0 Å². The number of hydrogen-bond donors (Lipinski definition) is 1. The van der Waals surface area contributed by atoms with Crippen LogP contribution in [0.3, 0.4) is 0 Å². The number of fused-ring (bicyclic) bond motifs is 3. The average Bonchev–Trinajstić information content (AvgIpc) is 3.09. The summed E-state index contributed by atoms with van der Waals surface area (Å²) >= 11 is 1.53. The zero-order chi connectivity index (χ0) is 16.5. The fourth-order valence-corrected chi connectivity index (χ4v) is 4.58. The minimum atomic E-state index is 0.0389. The smallest absolute Gasteiger partial charge is 0.251 e. The minimum absolute atomic E-state index is 0.0389. The van der Waals surface area contributed by atoms with Gasteiger partial charge < -0.3 is 10.2 Å². The van der Waals surface area contributed by atoms with Gasteiger partial charge in [0.15, 0.2) is 0 Å². The Bertz CT molecular complexity index is 626. The van der Waals surface area contributed by atoms with Gasteiger partial charge in [-0.2, -0.15) is 0 Å². The molecule has 1 amide bonds. The summed E-state index contributed by atoms with van der Waals surface area (Å²) in [6.45, 7) is 5.23. The van der Waals surface area contributed by atoms with Crippen molar-refractivity contribution in [2.24, 2.45) is 5.92 Å². The van der Waals surface area contributed by atoms with Gasteiger partial charge in [-0.3, -0.25) is 9.69 Å². The monoisotopic (exact) mass is 345 g/mol. The largest absolute Gasteiger partial charge is 0.403 e. The lowest BCUT2D eigenvalue weighted by atomic mass is 9.80. The Morgan fingerprint density at radius 1 is 1.33 bits per heavy atom. The van der Waals surface area contributed by atoms with Gasteiger partial charge in [0.2, 0.25) is 0 Å². The Balaban J connectivity index is 1.34. The molecule has 0 radical (unpaired) electrons. The highest BCUT2D eigenvalue weighted by atomic mass is 32.2. The molecule has 0 spiro atoms. The molecule has 5 nitrogen and oxygen atoms in total. The lowest BCUT2D eigenvalue weighted by Crippen LogP contribution is -2.60. The van der Waals surface area contributed by atoms with Crippen LogP contribution in [-0.2, 0) is 4.84 Å². The van der Waals surface area contributed by atoms with Gasteiger partial charge in [0.05, 0.1) is 6.54 Å². The summed E-state index contributed by atoms with van der Waals surface area (Å²) in [4.78, 5) is 21.4. The highest BCUT2D eigenvalue weighted by Crippen LogP contribution is 2.32. The summed E-state index contributed by atoms with van der Waals surface area (Å²) in [5, 5.41) is 3.25. The average molecular weight is 345 g/mol. The fraction of sp³-hybridized carbons (Fsp3) is 0.500. The van der Waals surface area contributed by atoms with Crippen molar-refractivity contribution < 1.29 is 9.63 Å². The number of benzene rings is 1. The van der Waals surface area contributed by atoms with E-state index in [1.54, 1.807) is 10.7 Å². The van der Waals surface area contributed by atoms with Crippen LogP contribution in [0.1, 0.15) is 30.1 Å². The Hall–Kier alpha value is -1.50. The Kier molecular flexibility index (Phi) is 4.52. The predicted molar refractivity (Wildman–Crippen MR) is 94.2 cm³/mol. The lowest BCUT2D eigenvalue weighted by molar-refractivity contribution is 0.0274. The molecule has 0 aliphatic carbocycles. The summed E-state index contributed by atoms with van der Waals surface area (Å²) in [5.74, 6) is 0.667. The molecule has 3 saturated heterocycles. The fourth-order valence-electron chi connectivity index (χ4n) is 3.84. The summed E-state index contributed by atoms with van der Waals surface area (Å²) in [5.41, 5.74) is 0.726. The van der Waals surface area contributed by atoms with Crippen LogP contribution in [0.5, 0.6) is 0 Å². The van der Waals surface area contributed by atoms with E-state index in [4.69, 9.17) is 4.84 Å². The van der Waals surface area contributed by atoms with E-state index in [0.717, 1.165) is 23.5 Å². The van der Waals surface area contributed by atoms with Crippen molar-refractivity contribution >= 4 is 17.9 Å². The Labute approximate surface area is 147 Å². The van der Waals surface area contributed by atoms with Crippen molar-refractivity contribution in [3.8, 4) is 0 Å². The Morgan fingerprint density at radius 2 is 2.17 bits per heavy atom. The van der Waals surface area contributed by atoms with Crippen LogP contribution < -0.4 is 5.32 Å². The van der Waals surface area contributed by atoms with Gasteiger partial charge in [-0.05, 0) is 74.5 Å². The third kappa shape index (κ3) is 3.31. The molecule has 6 heteroatoms. The number of hydroxylamine groups is 1. The molecular formula is C18H23N3O2S. The topological polar surface area (TPSA) is 44.8 Å². The van der Waals surface area contributed by atoms with E-state index >= 15 is 0 Å². The van der Waals surface area contributed by atoms with E-state index in [2.05, 4.69) is 17.1 Å². The molecular weight excluding hydrogens is 322 g/mol. The number of piperidine rings is 3. The SMILES string of the molecule is CC1CC2CCN1CC2NC(=O)c1ccc(SN2CC=CO2)cc1. The molecule has 2 bridgehead atoms. The van der Waals surface area contributed by atoms with E-state index < -0.39 is 0 Å². The van der Waals surface area contributed by atoms with Crippen LogP contribution in [0.15, 0.2) is 41.5 Å². The highest BCUT2D eigenvalue weighted by Gasteiger charge is 2.38. The molecule has 24 heavy (non-hydrogen) atoms. The van der Waals surface area contributed by atoms with E-state index in [1.807, 2.05) is 30.3 Å². The van der Waals surface area contributed by atoms with Crippen LogP contribution in [0.2, 0.25) is 0 Å². The number of rotatable bonds is 4. The summed E-state index contributed by atoms with van der Waals surface area (Å²) in [6, 6.07) is 8.69. The van der Waals surface area contributed by atoms with Crippen molar-refractivity contribution in [3.63, 3.8) is 0 Å². The van der Waals surface area contributed by atoms with Gasteiger partial charge >= 0.3 is 0 Å². The molecule has 4 heterocycles. The van der Waals surface area contributed by atoms with Crippen LogP contribution >= 0.6 is 11.9 Å². The maximum absolute atomic E-state index is 12.5. The van der Waals surface area contributed by atoms with E-state index in [9.17, 15) is 4.79 Å². The zero-order valence-corrected chi connectivity index (χ0v) is 14.7. The molecule has 1 aromatic rings. The molecule has 4 aliphatic rings. The summed E-state index contributed by atoms with van der Waals surface area (Å²) in [7, 11) is 0. The Morgan fingerprint density at radius 3 is 2.79 bits per heavy atom. The highest BCUT2D eigenvalue weighted by molar-refractivity contribution is 7.97. The van der Waals surface area contributed by atoms with Gasteiger partial charge in [0, 0.05) is 29.1 Å². The van der Waals surface area contributed by atoms with E-state index in [-0.39, 0.29) is 5.91 Å². The molecule has 4 aliphatic heterocycles. The predicted octanol–water partition coefficient (Wildman–Crippen LogP) is 2.67. The summed E-state index contributed by atoms with van der Waals surface area (Å²) in [6.07, 6.45) is 6.05. The molecule has 1 N–H and O–H groups in total. The molecule has 1 aromatic carbocycles. The minimum Gasteiger partial charge on any atom is -0.403 e. The second-order valence-electron chi connectivity index (χ2n) is 6.82. The maximum Gasteiger partial charge on any atom is 0.251 e. The second-order valence-corrected chi connectivity index (χ2v) is 7.88. The van der Waals surface area contributed by atoms with Crippen molar-refractivity contribution in [1.29, 1.82) is 0 Å². The van der Waals surface area contributed by atoms with Gasteiger partial charge in [0.1, 0.15) is 6.26 Å². The van der Waals surface area contributed by atoms with Crippen LogP contribution in [0.4, 0.5) is 0 Å². The van der Waals surface area contributed by atoms with E-state index in [0.29, 0.717) is 18.0 Å². The molecule has 128 valence electrons. The lowest BCUT2D eigenvalue weighted by Gasteiger charge is -2.48. The number of hydrogen-bond acceptors (Lipinski definition) is 5. The molecule has 0 saturated carbocycles. The van der Waals surface area contributed by atoms with Crippen LogP contribution in [0.25, 0.3) is 0 Å². The molecule has 4 atom stereocenters. The molecule has 4 unspecified atom stereocenters. The van der Waals surface area contributed by atoms with Gasteiger partial charge in [0.25, 0.3) is 5.91 Å². The number of amides is 1. The van der Waals surface area contributed by atoms with E-state index in [1.165, 1.54) is 31.3 Å². The second kappa shape index (κ2) is 6.78. The number of nitrogens with zero attached hydrogens (tertiary/aromatic N) is 2. The molecule has 3 fully saturated rings. The van der Waals surface area contributed by atoms with Crippen molar-refractivity contribution in [2.75, 3.05) is 19.6 Å². The first-order valence-corrected chi connectivity index (χ1v) is 9.38. The standard InChI is InChI=1S/C18H23N3O2S/c1-13-11-15-7-9-20(13)12-17(15)19-18(22)14-3-5-16(6-4-14)24-21-8-2-10-23-21/h2-6,10,13,15,17H,7-9,11-12H2,1H3,(H,19,22). The third-order valence-electron chi connectivity index (χ3n) is 5.22. The summed E-state index contributed by atoms with van der Waals surface area (Å²) < 4.78 is 1.80. The van der Waals surface area contributed by atoms with Crippen LogP contribution in [0, 0.1) is 5.92 Å². The van der Waals surface area contributed by atoms with Gasteiger partial charge in [-0.1, -0.05) is 4.47 Å². The quantitative estimate of drug-likeness (QED) is 0.850. The first-order valence-electron chi connectivity index (χ1n) is 8.61. The van der Waals surface area contributed by atoms with Gasteiger partial charge in [-0.15, -0.1) is 0 Å². The molecule has 5 rings (SSSR count). The first-order chi connectivity index (χ1) is 11.7. The molecule has 0 aromatic heterocycles. The normalized spacial score (nSPS) is 31.9. The van der Waals surface area contributed by atoms with Crippen molar-refractivity contribution in [1.82, 2.24) is 14.7 Å². The maximum atomic E-state index is 12.5. The number of carbonyl (C=O) groups is 1. The first kappa shape index (κ1) is 16.0. The third-order valence-corrected chi connectivity index (χ3v) is 6.15. The van der Waals surface area contributed by atoms with Crippen molar-refractivity contribution in [2.45, 2.75) is 36.7 Å².